The molecule has 0 saturated heterocycles. The Balaban J connectivity index is 1.48. The first kappa shape index (κ1) is 18.9. The molecule has 2 aromatic carbocycles. The highest BCUT2D eigenvalue weighted by Gasteiger charge is 2.29. The lowest BCUT2D eigenvalue weighted by atomic mass is 10.1. The number of carbonyl (C=O) groups is 2. The van der Waals surface area contributed by atoms with Crippen LogP contribution in [0.2, 0.25) is 0 Å². The van der Waals surface area contributed by atoms with Crippen molar-refractivity contribution in [2.24, 2.45) is 0 Å². The van der Waals surface area contributed by atoms with Crippen LogP contribution in [-0.4, -0.2) is 28.3 Å². The quantitative estimate of drug-likeness (QED) is 0.643. The zero-order valence-corrected chi connectivity index (χ0v) is 16.5. The number of ether oxygens (including phenoxy) is 1. The summed E-state index contributed by atoms with van der Waals surface area (Å²) >= 11 is 0. The van der Waals surface area contributed by atoms with Crippen molar-refractivity contribution in [1.82, 2.24) is 9.78 Å². The van der Waals surface area contributed by atoms with Gasteiger partial charge in [-0.05, 0) is 56.0 Å². The van der Waals surface area contributed by atoms with Gasteiger partial charge in [-0.3, -0.25) is 4.79 Å². The first-order chi connectivity index (χ1) is 14.0. The Bertz CT molecular complexity index is 1030. The monoisotopic (exact) mass is 389 g/mol. The van der Waals surface area contributed by atoms with Crippen molar-refractivity contribution in [3.05, 3.63) is 77.1 Å². The van der Waals surface area contributed by atoms with E-state index in [4.69, 9.17) is 4.74 Å². The zero-order chi connectivity index (χ0) is 20.4. The van der Waals surface area contributed by atoms with Gasteiger partial charge in [0.15, 0.2) is 12.3 Å². The number of para-hydroxylation sites is 2. The molecule has 0 bridgehead atoms. The number of esters is 1. The van der Waals surface area contributed by atoms with E-state index in [9.17, 15) is 9.59 Å². The standard InChI is InChI=1S/C23H23N3O3/c1-15-7-6-8-16(2)22(15)24-21(27)14-29-23(28)20-13-19(17-11-12-17)25-26(20)18-9-4-3-5-10-18/h3-10,13,17H,11-12,14H2,1-2H3,(H,24,27). The average molecular weight is 389 g/mol. The molecule has 6 heteroatoms. The summed E-state index contributed by atoms with van der Waals surface area (Å²) in [7, 11) is 0. The number of aryl methyl sites for hydroxylation is 2. The van der Waals surface area contributed by atoms with Crippen LogP contribution >= 0.6 is 0 Å². The van der Waals surface area contributed by atoms with Crippen LogP contribution in [0.4, 0.5) is 5.69 Å². The van der Waals surface area contributed by atoms with Gasteiger partial charge in [-0.15, -0.1) is 0 Å². The highest BCUT2D eigenvalue weighted by atomic mass is 16.5. The van der Waals surface area contributed by atoms with Crippen LogP contribution in [0.25, 0.3) is 5.69 Å². The highest BCUT2D eigenvalue weighted by Crippen LogP contribution is 2.39. The first-order valence-electron chi connectivity index (χ1n) is 9.71. The molecule has 0 unspecified atom stereocenters. The van der Waals surface area contributed by atoms with Gasteiger partial charge in [-0.25, -0.2) is 9.48 Å². The zero-order valence-electron chi connectivity index (χ0n) is 16.5. The van der Waals surface area contributed by atoms with Gasteiger partial charge in [-0.1, -0.05) is 36.4 Å². The second-order valence-electron chi connectivity index (χ2n) is 7.37. The lowest BCUT2D eigenvalue weighted by molar-refractivity contribution is -0.119. The molecule has 1 aliphatic rings. The van der Waals surface area contributed by atoms with Gasteiger partial charge in [0, 0.05) is 11.6 Å². The minimum atomic E-state index is -0.565. The van der Waals surface area contributed by atoms with Crippen molar-refractivity contribution >= 4 is 17.6 Å². The minimum Gasteiger partial charge on any atom is -0.451 e. The molecular formula is C23H23N3O3. The summed E-state index contributed by atoms with van der Waals surface area (Å²) in [6.45, 7) is 3.49. The van der Waals surface area contributed by atoms with Gasteiger partial charge < -0.3 is 10.1 Å². The van der Waals surface area contributed by atoms with Crippen molar-refractivity contribution in [2.75, 3.05) is 11.9 Å². The van der Waals surface area contributed by atoms with Crippen molar-refractivity contribution in [1.29, 1.82) is 0 Å². The van der Waals surface area contributed by atoms with E-state index >= 15 is 0 Å². The molecule has 4 rings (SSSR count). The fourth-order valence-electron chi connectivity index (χ4n) is 3.28. The molecule has 148 valence electrons. The van der Waals surface area contributed by atoms with Crippen LogP contribution < -0.4 is 5.32 Å². The fraction of sp³-hybridized carbons (Fsp3) is 0.261. The molecule has 0 radical (unpaired) electrons. The summed E-state index contributed by atoms with van der Waals surface area (Å²) in [5.41, 5.74) is 4.67. The summed E-state index contributed by atoms with van der Waals surface area (Å²) in [5, 5.41) is 7.42. The van der Waals surface area contributed by atoms with E-state index in [1.54, 1.807) is 10.7 Å². The second-order valence-corrected chi connectivity index (χ2v) is 7.37. The van der Waals surface area contributed by atoms with Crippen molar-refractivity contribution < 1.29 is 14.3 Å². The first-order valence-corrected chi connectivity index (χ1v) is 9.71. The number of hydrogen-bond acceptors (Lipinski definition) is 4. The Kier molecular flexibility index (Phi) is 5.16. The third-order valence-corrected chi connectivity index (χ3v) is 5.01. The van der Waals surface area contributed by atoms with Crippen molar-refractivity contribution in [2.45, 2.75) is 32.6 Å². The molecule has 1 fully saturated rings. The molecule has 3 aromatic rings. The van der Waals surface area contributed by atoms with E-state index in [0.29, 0.717) is 11.6 Å². The molecule has 1 saturated carbocycles. The Morgan fingerprint density at radius 1 is 1.07 bits per heavy atom. The van der Waals surface area contributed by atoms with Gasteiger partial charge in [-0.2, -0.15) is 5.10 Å². The van der Waals surface area contributed by atoms with Gasteiger partial charge in [0.2, 0.25) is 0 Å². The van der Waals surface area contributed by atoms with E-state index in [1.165, 1.54) is 0 Å². The van der Waals surface area contributed by atoms with E-state index in [0.717, 1.165) is 41.0 Å². The molecule has 0 atom stereocenters. The van der Waals surface area contributed by atoms with Gasteiger partial charge in [0.05, 0.1) is 11.4 Å². The molecule has 1 N–H and O–H groups in total. The van der Waals surface area contributed by atoms with E-state index < -0.39 is 5.97 Å². The molecule has 1 aliphatic carbocycles. The van der Waals surface area contributed by atoms with Gasteiger partial charge in [0.25, 0.3) is 5.91 Å². The molecule has 1 heterocycles. The van der Waals surface area contributed by atoms with E-state index in [2.05, 4.69) is 10.4 Å². The molecule has 6 nitrogen and oxygen atoms in total. The summed E-state index contributed by atoms with van der Waals surface area (Å²) < 4.78 is 6.90. The predicted molar refractivity (Wildman–Crippen MR) is 110 cm³/mol. The molecule has 0 spiro atoms. The lowest BCUT2D eigenvalue weighted by Gasteiger charge is -2.12. The Hall–Kier alpha value is -3.41. The minimum absolute atomic E-state index is 0.331. The van der Waals surface area contributed by atoms with Crippen LogP contribution in [0.1, 0.15) is 46.1 Å². The number of anilines is 1. The maximum atomic E-state index is 12.7. The van der Waals surface area contributed by atoms with Crippen molar-refractivity contribution in [3.63, 3.8) is 0 Å². The number of amides is 1. The Morgan fingerprint density at radius 2 is 1.76 bits per heavy atom. The number of hydrogen-bond donors (Lipinski definition) is 1. The number of rotatable bonds is 6. The van der Waals surface area contributed by atoms with Gasteiger partial charge >= 0.3 is 5.97 Å². The topological polar surface area (TPSA) is 73.2 Å². The predicted octanol–water partition coefficient (Wildman–Crippen LogP) is 4.16. The Morgan fingerprint density at radius 3 is 2.41 bits per heavy atom. The number of nitrogens with zero attached hydrogens (tertiary/aromatic N) is 2. The summed E-state index contributed by atoms with van der Waals surface area (Å²) in [6.07, 6.45) is 2.16. The highest BCUT2D eigenvalue weighted by molar-refractivity contribution is 5.96. The summed E-state index contributed by atoms with van der Waals surface area (Å²) in [6, 6.07) is 17.0. The van der Waals surface area contributed by atoms with Crippen LogP contribution in [0, 0.1) is 13.8 Å². The van der Waals surface area contributed by atoms with Crippen LogP contribution in [0.5, 0.6) is 0 Å². The summed E-state index contributed by atoms with van der Waals surface area (Å²) in [5.74, 6) is -0.535. The largest absolute Gasteiger partial charge is 0.451 e. The van der Waals surface area contributed by atoms with Crippen LogP contribution in [0.3, 0.4) is 0 Å². The average Bonchev–Trinajstić information content (AvgIpc) is 3.48. The maximum Gasteiger partial charge on any atom is 0.357 e. The molecular weight excluding hydrogens is 366 g/mol. The molecule has 1 aromatic heterocycles. The third-order valence-electron chi connectivity index (χ3n) is 5.01. The SMILES string of the molecule is Cc1cccc(C)c1NC(=O)COC(=O)c1cc(C2CC2)nn1-c1ccccc1. The smallest absolute Gasteiger partial charge is 0.357 e. The third kappa shape index (κ3) is 4.21. The van der Waals surface area contributed by atoms with Crippen LogP contribution in [0.15, 0.2) is 54.6 Å². The number of carbonyl (C=O) groups excluding carboxylic acids is 2. The summed E-state index contributed by atoms with van der Waals surface area (Å²) in [4.78, 5) is 25.0. The second kappa shape index (κ2) is 7.91. The lowest BCUT2D eigenvalue weighted by Crippen LogP contribution is -2.23. The molecule has 29 heavy (non-hydrogen) atoms. The fourth-order valence-corrected chi connectivity index (χ4v) is 3.28. The number of aromatic nitrogens is 2. The van der Waals surface area contributed by atoms with E-state index in [-0.39, 0.29) is 12.5 Å². The van der Waals surface area contributed by atoms with Crippen molar-refractivity contribution in [3.8, 4) is 5.69 Å². The van der Waals surface area contributed by atoms with E-state index in [1.807, 2.05) is 62.4 Å². The maximum absolute atomic E-state index is 12.7. The Labute approximate surface area is 169 Å². The van der Waals surface area contributed by atoms with Crippen LogP contribution in [-0.2, 0) is 9.53 Å². The number of nitrogens with one attached hydrogen (secondary N) is 1. The van der Waals surface area contributed by atoms with Gasteiger partial charge in [0.1, 0.15) is 0 Å². The normalized spacial score (nSPS) is 13.2. The molecule has 0 aliphatic heterocycles. The number of benzene rings is 2. The molecule has 1 amide bonds.